The Bertz CT molecular complexity index is 1030. The predicted octanol–water partition coefficient (Wildman–Crippen LogP) is 4.12. The molecule has 1 saturated heterocycles. The van der Waals surface area contributed by atoms with Gasteiger partial charge in [0.2, 0.25) is 0 Å². The number of amides is 1. The number of ether oxygens (including phenoxy) is 1. The lowest BCUT2D eigenvalue weighted by atomic mass is 9.74. The van der Waals surface area contributed by atoms with Crippen LogP contribution < -0.4 is 5.32 Å². The monoisotopic (exact) mass is 403 g/mol. The van der Waals surface area contributed by atoms with E-state index in [-0.39, 0.29) is 11.7 Å². The zero-order valence-corrected chi connectivity index (χ0v) is 15.6. The molecule has 4 rings (SSSR count). The second-order valence-electron chi connectivity index (χ2n) is 7.24. The number of H-pyrrole nitrogens is 1. The number of benzene rings is 2. The lowest BCUT2D eigenvalue weighted by molar-refractivity contribution is 0.0486. The first-order chi connectivity index (χ1) is 14.0. The summed E-state index contributed by atoms with van der Waals surface area (Å²) in [5.74, 6) is -1.08. The molecule has 2 N–H and O–H groups in total. The Hall–Kier alpha value is -2.87. The van der Waals surface area contributed by atoms with E-state index in [1.807, 2.05) is 6.07 Å². The van der Waals surface area contributed by atoms with Gasteiger partial charge in [0.05, 0.1) is 11.0 Å². The zero-order chi connectivity index (χ0) is 20.4. The zero-order valence-electron chi connectivity index (χ0n) is 15.6. The van der Waals surface area contributed by atoms with Gasteiger partial charge in [-0.2, -0.15) is 0 Å². The number of halogens is 3. The SMILES string of the molecule is O=C(NCC1(c2cccc(F)c2)CCOCC1)c1ccc2nc(C(F)F)[nH]c2c1. The summed E-state index contributed by atoms with van der Waals surface area (Å²) in [4.78, 5) is 19.1. The van der Waals surface area contributed by atoms with Gasteiger partial charge in [-0.1, -0.05) is 12.1 Å². The van der Waals surface area contributed by atoms with E-state index in [1.165, 1.54) is 24.3 Å². The van der Waals surface area contributed by atoms with Gasteiger partial charge in [-0.3, -0.25) is 4.79 Å². The Kier molecular flexibility index (Phi) is 5.27. The molecule has 0 aliphatic carbocycles. The Morgan fingerprint density at radius 3 is 2.72 bits per heavy atom. The average Bonchev–Trinajstić information content (AvgIpc) is 3.16. The molecule has 29 heavy (non-hydrogen) atoms. The summed E-state index contributed by atoms with van der Waals surface area (Å²) < 4.78 is 44.9. The fourth-order valence-electron chi connectivity index (χ4n) is 3.77. The molecule has 0 radical (unpaired) electrons. The minimum absolute atomic E-state index is 0.320. The maximum atomic E-state index is 13.8. The lowest BCUT2D eigenvalue weighted by Crippen LogP contribution is -2.44. The fourth-order valence-corrected chi connectivity index (χ4v) is 3.77. The van der Waals surface area contributed by atoms with Gasteiger partial charge in [0.15, 0.2) is 5.82 Å². The van der Waals surface area contributed by atoms with E-state index in [2.05, 4.69) is 15.3 Å². The third-order valence-corrected chi connectivity index (χ3v) is 5.44. The van der Waals surface area contributed by atoms with Gasteiger partial charge < -0.3 is 15.0 Å². The molecule has 0 atom stereocenters. The van der Waals surface area contributed by atoms with Crippen LogP contribution in [0, 0.1) is 5.82 Å². The quantitative estimate of drug-likeness (QED) is 0.674. The first-order valence-corrected chi connectivity index (χ1v) is 9.37. The number of imidazole rings is 1. The Labute approximate surface area is 165 Å². The van der Waals surface area contributed by atoms with Crippen LogP contribution in [0.15, 0.2) is 42.5 Å². The van der Waals surface area contributed by atoms with E-state index in [0.29, 0.717) is 49.2 Å². The normalized spacial score (nSPS) is 16.3. The molecule has 1 aliphatic rings. The molecule has 8 heteroatoms. The van der Waals surface area contributed by atoms with Crippen molar-refractivity contribution in [3.05, 3.63) is 65.2 Å². The highest BCUT2D eigenvalue weighted by molar-refractivity contribution is 5.97. The number of nitrogens with one attached hydrogen (secondary N) is 2. The largest absolute Gasteiger partial charge is 0.381 e. The van der Waals surface area contributed by atoms with E-state index in [4.69, 9.17) is 4.74 Å². The molecule has 5 nitrogen and oxygen atoms in total. The summed E-state index contributed by atoms with van der Waals surface area (Å²) in [6.07, 6.45) is -1.39. The van der Waals surface area contributed by atoms with Crippen LogP contribution in [0.1, 0.15) is 41.0 Å². The molecule has 1 aliphatic heterocycles. The number of carbonyl (C=O) groups excluding carboxylic acids is 1. The van der Waals surface area contributed by atoms with Gasteiger partial charge in [-0.05, 0) is 48.7 Å². The van der Waals surface area contributed by atoms with Gasteiger partial charge in [-0.25, -0.2) is 18.2 Å². The van der Waals surface area contributed by atoms with E-state index in [0.717, 1.165) is 5.56 Å². The van der Waals surface area contributed by atoms with Crippen molar-refractivity contribution < 1.29 is 22.7 Å². The standard InChI is InChI=1S/C21H20F3N3O2/c22-15-3-1-2-14(11-15)21(6-8-29-9-7-21)12-25-20(28)13-4-5-16-17(10-13)27-19(26-16)18(23)24/h1-5,10-11,18H,6-9,12H2,(H,25,28)(H,26,27). The third-order valence-electron chi connectivity index (χ3n) is 5.44. The highest BCUT2D eigenvalue weighted by atomic mass is 19.3. The molecule has 2 aromatic carbocycles. The summed E-state index contributed by atoms with van der Waals surface area (Å²) in [5.41, 5.74) is 1.49. The van der Waals surface area contributed by atoms with Crippen LogP contribution in [0.4, 0.5) is 13.2 Å². The van der Waals surface area contributed by atoms with Crippen molar-refractivity contribution in [1.82, 2.24) is 15.3 Å². The van der Waals surface area contributed by atoms with Crippen molar-refractivity contribution in [2.45, 2.75) is 24.7 Å². The molecule has 0 bridgehead atoms. The summed E-state index contributed by atoms with van der Waals surface area (Å²) in [7, 11) is 0. The smallest absolute Gasteiger partial charge is 0.295 e. The van der Waals surface area contributed by atoms with Crippen molar-refractivity contribution in [3.8, 4) is 0 Å². The van der Waals surface area contributed by atoms with E-state index in [9.17, 15) is 18.0 Å². The number of hydrogen-bond donors (Lipinski definition) is 2. The summed E-state index contributed by atoms with van der Waals surface area (Å²) in [5, 5.41) is 2.92. The first kappa shape index (κ1) is 19.4. The van der Waals surface area contributed by atoms with Crippen molar-refractivity contribution in [1.29, 1.82) is 0 Å². The van der Waals surface area contributed by atoms with Crippen LogP contribution in [-0.4, -0.2) is 35.6 Å². The summed E-state index contributed by atoms with van der Waals surface area (Å²) >= 11 is 0. The molecule has 1 amide bonds. The topological polar surface area (TPSA) is 67.0 Å². The van der Waals surface area contributed by atoms with Gasteiger partial charge in [0.25, 0.3) is 12.3 Å². The molecule has 3 aromatic rings. The number of aromatic nitrogens is 2. The highest BCUT2D eigenvalue weighted by Crippen LogP contribution is 2.34. The molecule has 2 heterocycles. The van der Waals surface area contributed by atoms with Gasteiger partial charge >= 0.3 is 0 Å². The number of aromatic amines is 1. The molecular weight excluding hydrogens is 383 g/mol. The lowest BCUT2D eigenvalue weighted by Gasteiger charge is -2.38. The van der Waals surface area contributed by atoms with Crippen LogP contribution in [0.5, 0.6) is 0 Å². The molecule has 0 spiro atoms. The number of carbonyl (C=O) groups is 1. The summed E-state index contributed by atoms with van der Waals surface area (Å²) in [6.45, 7) is 1.38. The van der Waals surface area contributed by atoms with Gasteiger partial charge in [0.1, 0.15) is 5.82 Å². The number of nitrogens with zero attached hydrogens (tertiary/aromatic N) is 1. The van der Waals surface area contributed by atoms with Crippen LogP contribution in [0.25, 0.3) is 11.0 Å². The Morgan fingerprint density at radius 1 is 1.21 bits per heavy atom. The van der Waals surface area contributed by atoms with Crippen LogP contribution in [0.3, 0.4) is 0 Å². The Balaban J connectivity index is 1.54. The number of fused-ring (bicyclic) bond motifs is 1. The minimum atomic E-state index is -2.71. The van der Waals surface area contributed by atoms with E-state index < -0.39 is 17.7 Å². The minimum Gasteiger partial charge on any atom is -0.381 e. The van der Waals surface area contributed by atoms with Crippen molar-refractivity contribution in [3.63, 3.8) is 0 Å². The molecule has 0 saturated carbocycles. The van der Waals surface area contributed by atoms with Crippen molar-refractivity contribution >= 4 is 16.9 Å². The second-order valence-corrected chi connectivity index (χ2v) is 7.24. The fraction of sp³-hybridized carbons (Fsp3) is 0.333. The van der Waals surface area contributed by atoms with Crippen LogP contribution in [0.2, 0.25) is 0 Å². The molecule has 0 unspecified atom stereocenters. The van der Waals surface area contributed by atoms with Gasteiger partial charge in [-0.15, -0.1) is 0 Å². The third kappa shape index (κ3) is 3.98. The Morgan fingerprint density at radius 2 is 2.00 bits per heavy atom. The van der Waals surface area contributed by atoms with Crippen LogP contribution >= 0.6 is 0 Å². The number of alkyl halides is 2. The van der Waals surface area contributed by atoms with Gasteiger partial charge in [0, 0.05) is 30.7 Å². The summed E-state index contributed by atoms with van der Waals surface area (Å²) in [6, 6.07) is 11.0. The van der Waals surface area contributed by atoms with E-state index >= 15 is 0 Å². The number of rotatable bonds is 5. The average molecular weight is 403 g/mol. The van der Waals surface area contributed by atoms with Crippen molar-refractivity contribution in [2.24, 2.45) is 0 Å². The molecule has 152 valence electrons. The second kappa shape index (κ2) is 7.87. The molecule has 1 aromatic heterocycles. The maximum Gasteiger partial charge on any atom is 0.295 e. The highest BCUT2D eigenvalue weighted by Gasteiger charge is 2.35. The molecular formula is C21H20F3N3O2. The first-order valence-electron chi connectivity index (χ1n) is 9.37. The molecule has 1 fully saturated rings. The van der Waals surface area contributed by atoms with E-state index in [1.54, 1.807) is 12.1 Å². The number of hydrogen-bond acceptors (Lipinski definition) is 3. The van der Waals surface area contributed by atoms with Crippen LogP contribution in [-0.2, 0) is 10.2 Å². The predicted molar refractivity (Wildman–Crippen MR) is 102 cm³/mol. The van der Waals surface area contributed by atoms with Crippen molar-refractivity contribution in [2.75, 3.05) is 19.8 Å². The maximum absolute atomic E-state index is 13.8.